The molecule has 1 aromatic heterocycles. The van der Waals surface area contributed by atoms with E-state index in [1.165, 1.54) is 25.7 Å². The molecule has 94 valence electrons. The highest BCUT2D eigenvalue weighted by Gasteiger charge is 2.19. The van der Waals surface area contributed by atoms with Crippen molar-refractivity contribution in [2.75, 3.05) is 23.7 Å². The minimum Gasteiger partial charge on any atom is -0.369 e. The van der Waals surface area contributed by atoms with Gasteiger partial charge in [-0.05, 0) is 25.2 Å². The Bertz CT molecular complexity index is 336. The molecular formula is C13H22N4. The molecule has 4 nitrogen and oxygen atoms in total. The fourth-order valence-electron chi connectivity index (χ4n) is 1.80. The fraction of sp³-hybridized carbons (Fsp3) is 0.692. The van der Waals surface area contributed by atoms with Crippen molar-refractivity contribution in [3.8, 4) is 0 Å². The molecule has 0 saturated heterocycles. The summed E-state index contributed by atoms with van der Waals surface area (Å²) in [6.45, 7) is 4.09. The third-order valence-electron chi connectivity index (χ3n) is 2.98. The highest BCUT2D eigenvalue weighted by molar-refractivity contribution is 5.41. The first-order valence-corrected chi connectivity index (χ1v) is 6.68. The van der Waals surface area contributed by atoms with E-state index < -0.39 is 0 Å². The van der Waals surface area contributed by atoms with E-state index in [4.69, 9.17) is 0 Å². The van der Waals surface area contributed by atoms with Crippen molar-refractivity contribution in [3.63, 3.8) is 0 Å². The number of rotatable bonds is 8. The standard InChI is InChI=1S/C13H22N4/c1-2-7-15-12-9-14-10-13(17-12)16-8-3-4-11-5-6-11/h9-11H,2-8H2,1H3,(H2,15,16,17). The van der Waals surface area contributed by atoms with Crippen LogP contribution in [0, 0.1) is 5.92 Å². The third-order valence-corrected chi connectivity index (χ3v) is 2.98. The summed E-state index contributed by atoms with van der Waals surface area (Å²) in [5.74, 6) is 2.75. The number of nitrogens with zero attached hydrogens (tertiary/aromatic N) is 2. The zero-order chi connectivity index (χ0) is 11.9. The third kappa shape index (κ3) is 4.59. The summed E-state index contributed by atoms with van der Waals surface area (Å²) in [5.41, 5.74) is 0. The average molecular weight is 234 g/mol. The number of nitrogens with one attached hydrogen (secondary N) is 2. The van der Waals surface area contributed by atoms with E-state index in [2.05, 4.69) is 27.5 Å². The lowest BCUT2D eigenvalue weighted by Gasteiger charge is -2.07. The second-order valence-corrected chi connectivity index (χ2v) is 4.73. The molecule has 1 aromatic rings. The summed E-state index contributed by atoms with van der Waals surface area (Å²) in [7, 11) is 0. The molecule has 0 aromatic carbocycles. The van der Waals surface area contributed by atoms with Gasteiger partial charge in [0.25, 0.3) is 0 Å². The molecule has 17 heavy (non-hydrogen) atoms. The Morgan fingerprint density at radius 2 is 1.88 bits per heavy atom. The Morgan fingerprint density at radius 3 is 2.53 bits per heavy atom. The van der Waals surface area contributed by atoms with E-state index >= 15 is 0 Å². The Morgan fingerprint density at radius 1 is 1.18 bits per heavy atom. The molecule has 1 saturated carbocycles. The van der Waals surface area contributed by atoms with Gasteiger partial charge in [0, 0.05) is 13.1 Å². The molecule has 2 rings (SSSR count). The van der Waals surface area contributed by atoms with Gasteiger partial charge in [-0.3, -0.25) is 4.98 Å². The van der Waals surface area contributed by atoms with Crippen LogP contribution in [-0.2, 0) is 0 Å². The van der Waals surface area contributed by atoms with E-state index in [-0.39, 0.29) is 0 Å². The molecule has 4 heteroatoms. The first kappa shape index (κ1) is 12.1. The van der Waals surface area contributed by atoms with Crippen LogP contribution in [0.2, 0.25) is 0 Å². The minimum atomic E-state index is 0.860. The number of hydrogen-bond donors (Lipinski definition) is 2. The van der Waals surface area contributed by atoms with Crippen LogP contribution in [-0.4, -0.2) is 23.1 Å². The van der Waals surface area contributed by atoms with Crippen molar-refractivity contribution in [1.82, 2.24) is 9.97 Å². The molecule has 0 unspecified atom stereocenters. The lowest BCUT2D eigenvalue weighted by molar-refractivity contribution is 0.686. The first-order valence-electron chi connectivity index (χ1n) is 6.68. The highest BCUT2D eigenvalue weighted by Crippen LogP contribution is 2.33. The maximum atomic E-state index is 4.46. The molecule has 1 aliphatic rings. The summed E-state index contributed by atoms with van der Waals surface area (Å²) < 4.78 is 0. The lowest BCUT2D eigenvalue weighted by Crippen LogP contribution is -2.07. The summed E-state index contributed by atoms with van der Waals surface area (Å²) in [6.07, 6.45) is 10.1. The van der Waals surface area contributed by atoms with Crippen molar-refractivity contribution < 1.29 is 0 Å². The minimum absolute atomic E-state index is 0.860. The van der Waals surface area contributed by atoms with Crippen LogP contribution in [0.25, 0.3) is 0 Å². The molecule has 0 radical (unpaired) electrons. The van der Waals surface area contributed by atoms with Crippen LogP contribution in [0.15, 0.2) is 12.4 Å². The van der Waals surface area contributed by atoms with Crippen LogP contribution < -0.4 is 10.6 Å². The topological polar surface area (TPSA) is 49.8 Å². The predicted molar refractivity (Wildman–Crippen MR) is 71.3 cm³/mol. The summed E-state index contributed by atoms with van der Waals surface area (Å²) >= 11 is 0. The smallest absolute Gasteiger partial charge is 0.146 e. The molecule has 1 heterocycles. The normalized spacial score (nSPS) is 14.6. The van der Waals surface area contributed by atoms with Crippen LogP contribution in [0.5, 0.6) is 0 Å². The molecule has 0 spiro atoms. The van der Waals surface area contributed by atoms with Gasteiger partial charge in [-0.2, -0.15) is 0 Å². The SMILES string of the molecule is CCCNc1cncc(NCCCC2CC2)n1. The summed E-state index contributed by atoms with van der Waals surface area (Å²) in [5, 5.41) is 6.57. The van der Waals surface area contributed by atoms with Gasteiger partial charge < -0.3 is 10.6 Å². The highest BCUT2D eigenvalue weighted by atomic mass is 15.1. The Kier molecular flexibility index (Phi) is 4.59. The zero-order valence-electron chi connectivity index (χ0n) is 10.6. The van der Waals surface area contributed by atoms with Gasteiger partial charge in [-0.25, -0.2) is 4.98 Å². The van der Waals surface area contributed by atoms with Crippen LogP contribution in [0.1, 0.15) is 39.0 Å². The maximum Gasteiger partial charge on any atom is 0.146 e. The number of hydrogen-bond acceptors (Lipinski definition) is 4. The molecule has 0 aliphatic heterocycles. The lowest BCUT2D eigenvalue weighted by atomic mass is 10.2. The van der Waals surface area contributed by atoms with Gasteiger partial charge in [-0.1, -0.05) is 19.8 Å². The van der Waals surface area contributed by atoms with Crippen molar-refractivity contribution in [3.05, 3.63) is 12.4 Å². The second kappa shape index (κ2) is 6.42. The summed E-state index contributed by atoms with van der Waals surface area (Å²) in [4.78, 5) is 8.63. The van der Waals surface area contributed by atoms with Gasteiger partial charge in [-0.15, -0.1) is 0 Å². The van der Waals surface area contributed by atoms with Gasteiger partial charge in [0.15, 0.2) is 0 Å². The quantitative estimate of drug-likeness (QED) is 0.679. The van der Waals surface area contributed by atoms with Crippen molar-refractivity contribution in [1.29, 1.82) is 0 Å². The van der Waals surface area contributed by atoms with Crippen LogP contribution in [0.4, 0.5) is 11.6 Å². The maximum absolute atomic E-state index is 4.46. The Hall–Kier alpha value is -1.32. The Balaban J connectivity index is 1.70. The molecule has 0 bridgehead atoms. The molecule has 0 atom stereocenters. The zero-order valence-corrected chi connectivity index (χ0v) is 10.6. The average Bonchev–Trinajstić information content (AvgIpc) is 3.17. The molecular weight excluding hydrogens is 212 g/mol. The van der Waals surface area contributed by atoms with E-state index in [1.807, 2.05) is 0 Å². The second-order valence-electron chi connectivity index (χ2n) is 4.73. The fourth-order valence-corrected chi connectivity index (χ4v) is 1.80. The van der Waals surface area contributed by atoms with E-state index in [1.54, 1.807) is 12.4 Å². The number of aromatic nitrogens is 2. The van der Waals surface area contributed by atoms with Crippen LogP contribution >= 0.6 is 0 Å². The monoisotopic (exact) mass is 234 g/mol. The first-order chi connectivity index (χ1) is 8.38. The van der Waals surface area contributed by atoms with Gasteiger partial charge in [0.1, 0.15) is 11.6 Å². The van der Waals surface area contributed by atoms with E-state index in [0.29, 0.717) is 0 Å². The number of anilines is 2. The molecule has 1 fully saturated rings. The van der Waals surface area contributed by atoms with Gasteiger partial charge >= 0.3 is 0 Å². The van der Waals surface area contributed by atoms with Crippen molar-refractivity contribution in [2.24, 2.45) is 5.92 Å². The predicted octanol–water partition coefficient (Wildman–Crippen LogP) is 2.90. The van der Waals surface area contributed by atoms with Crippen molar-refractivity contribution in [2.45, 2.75) is 39.0 Å². The van der Waals surface area contributed by atoms with Crippen molar-refractivity contribution >= 4 is 11.6 Å². The molecule has 1 aliphatic carbocycles. The van der Waals surface area contributed by atoms with E-state index in [0.717, 1.165) is 37.1 Å². The summed E-state index contributed by atoms with van der Waals surface area (Å²) in [6, 6.07) is 0. The molecule has 2 N–H and O–H groups in total. The van der Waals surface area contributed by atoms with E-state index in [9.17, 15) is 0 Å². The van der Waals surface area contributed by atoms with Crippen LogP contribution in [0.3, 0.4) is 0 Å². The largest absolute Gasteiger partial charge is 0.369 e. The van der Waals surface area contributed by atoms with Gasteiger partial charge in [0.05, 0.1) is 12.4 Å². The molecule has 0 amide bonds. The van der Waals surface area contributed by atoms with Gasteiger partial charge in [0.2, 0.25) is 0 Å². The Labute approximate surface area is 103 Å².